The second-order valence-corrected chi connectivity index (χ2v) is 9.21. The molecule has 3 fully saturated rings. The maximum atomic E-state index is 6.73. The van der Waals surface area contributed by atoms with E-state index < -0.39 is 4.33 Å². The van der Waals surface area contributed by atoms with E-state index in [9.17, 15) is 0 Å². The number of hydrogen-bond acceptors (Lipinski definition) is 0. The molecule has 7 aliphatic carbocycles. The fourth-order valence-electron chi connectivity index (χ4n) is 5.49. The summed E-state index contributed by atoms with van der Waals surface area (Å²) < 4.78 is -0.430. The van der Waals surface area contributed by atoms with Crippen molar-refractivity contribution in [3.05, 3.63) is 35.4 Å². The van der Waals surface area contributed by atoms with Crippen molar-refractivity contribution in [2.75, 3.05) is 0 Å². The van der Waals surface area contributed by atoms with Crippen molar-refractivity contribution in [1.82, 2.24) is 0 Å². The standard InChI is InChI=1S/C18H20Cl2/c19-18(20)15-11-16-7-5-12-1-3-13(4-2-12)6-8-17(15,18)10-14(16)9-16/h1-4,14-15H,5-11H2/t14-,15-,16-,17+/m0/s1. The molecule has 1 aromatic carbocycles. The molecular formula is C18H20Cl2. The number of rotatable bonds is 0. The van der Waals surface area contributed by atoms with Crippen LogP contribution in [0.2, 0.25) is 0 Å². The van der Waals surface area contributed by atoms with Gasteiger partial charge < -0.3 is 0 Å². The van der Waals surface area contributed by atoms with Crippen molar-refractivity contribution in [1.29, 1.82) is 0 Å². The second kappa shape index (κ2) is 3.58. The lowest BCUT2D eigenvalue weighted by Gasteiger charge is -2.28. The first-order valence-corrected chi connectivity index (χ1v) is 8.77. The molecule has 0 N–H and O–H groups in total. The molecule has 0 radical (unpaired) electrons. The molecule has 4 atom stereocenters. The van der Waals surface area contributed by atoms with Gasteiger partial charge in [0.2, 0.25) is 0 Å². The minimum absolute atomic E-state index is 0.235. The number of benzene rings is 1. The van der Waals surface area contributed by atoms with Crippen molar-refractivity contribution in [2.45, 2.75) is 49.3 Å². The van der Waals surface area contributed by atoms with Crippen LogP contribution in [-0.4, -0.2) is 4.33 Å². The molecule has 4 bridgehead atoms. The van der Waals surface area contributed by atoms with E-state index in [-0.39, 0.29) is 5.41 Å². The average molecular weight is 307 g/mol. The first kappa shape index (κ1) is 12.4. The fourth-order valence-corrected chi connectivity index (χ4v) is 6.56. The van der Waals surface area contributed by atoms with Gasteiger partial charge in [0, 0.05) is 11.3 Å². The monoisotopic (exact) mass is 306 g/mol. The normalized spacial score (nSPS) is 46.9. The molecule has 0 heterocycles. The molecule has 1 aromatic rings. The lowest BCUT2D eigenvalue weighted by atomic mass is 9.76. The summed E-state index contributed by atoms with van der Waals surface area (Å²) in [6.45, 7) is 0. The molecule has 106 valence electrons. The van der Waals surface area contributed by atoms with Crippen LogP contribution in [0.15, 0.2) is 24.3 Å². The summed E-state index contributed by atoms with van der Waals surface area (Å²) in [5.74, 6) is 1.48. The lowest BCUT2D eigenvalue weighted by molar-refractivity contribution is 0.229. The summed E-state index contributed by atoms with van der Waals surface area (Å²) in [4.78, 5) is 0. The zero-order valence-corrected chi connectivity index (χ0v) is 13.2. The highest BCUT2D eigenvalue weighted by molar-refractivity contribution is 6.52. The van der Waals surface area contributed by atoms with Crippen molar-refractivity contribution in [3.63, 3.8) is 0 Å². The van der Waals surface area contributed by atoms with E-state index in [0.717, 1.165) is 12.3 Å². The predicted octanol–water partition coefficient (Wildman–Crippen LogP) is 5.16. The number of hydrogen-bond donors (Lipinski definition) is 0. The zero-order chi connectivity index (χ0) is 13.6. The van der Waals surface area contributed by atoms with Crippen LogP contribution in [0, 0.1) is 22.7 Å². The Kier molecular flexibility index (Phi) is 2.21. The van der Waals surface area contributed by atoms with Gasteiger partial charge in [-0.2, -0.15) is 0 Å². The smallest absolute Gasteiger partial charge is 0.101 e. The van der Waals surface area contributed by atoms with Gasteiger partial charge >= 0.3 is 0 Å². The van der Waals surface area contributed by atoms with E-state index in [1.54, 1.807) is 0 Å². The minimum atomic E-state index is -0.430. The van der Waals surface area contributed by atoms with E-state index in [4.69, 9.17) is 23.2 Å². The van der Waals surface area contributed by atoms with Gasteiger partial charge in [0.05, 0.1) is 0 Å². The highest BCUT2D eigenvalue weighted by atomic mass is 35.5. The number of aryl methyl sites for hydroxylation is 2. The molecule has 7 aliphatic rings. The third-order valence-corrected chi connectivity index (χ3v) is 8.34. The highest BCUT2D eigenvalue weighted by Crippen LogP contribution is 2.84. The summed E-state index contributed by atoms with van der Waals surface area (Å²) in [6, 6.07) is 9.28. The summed E-state index contributed by atoms with van der Waals surface area (Å²) in [5, 5.41) is 0. The zero-order valence-electron chi connectivity index (χ0n) is 11.7. The van der Waals surface area contributed by atoms with Crippen molar-refractivity contribution < 1.29 is 0 Å². The molecular weight excluding hydrogens is 287 g/mol. The van der Waals surface area contributed by atoms with Gasteiger partial charge in [0.15, 0.2) is 0 Å². The Morgan fingerprint density at radius 3 is 2.20 bits per heavy atom. The maximum Gasteiger partial charge on any atom is 0.127 e. The van der Waals surface area contributed by atoms with Gasteiger partial charge in [-0.3, -0.25) is 0 Å². The number of alkyl halides is 2. The summed E-state index contributed by atoms with van der Waals surface area (Å²) in [7, 11) is 0. The van der Waals surface area contributed by atoms with Gasteiger partial charge in [0.1, 0.15) is 4.33 Å². The molecule has 0 nitrogen and oxygen atoms in total. The van der Waals surface area contributed by atoms with Crippen molar-refractivity contribution >= 4 is 23.2 Å². The minimum Gasteiger partial charge on any atom is -0.101 e. The molecule has 20 heavy (non-hydrogen) atoms. The van der Waals surface area contributed by atoms with Crippen LogP contribution in [-0.2, 0) is 12.8 Å². The van der Waals surface area contributed by atoms with Crippen LogP contribution in [0.25, 0.3) is 0 Å². The van der Waals surface area contributed by atoms with Crippen molar-refractivity contribution in [3.8, 4) is 0 Å². The summed E-state index contributed by atoms with van der Waals surface area (Å²) in [5.41, 5.74) is 3.78. The van der Waals surface area contributed by atoms with E-state index in [2.05, 4.69) is 24.3 Å². The molecule has 8 rings (SSSR count). The second-order valence-electron chi connectivity index (χ2n) is 7.82. The Morgan fingerprint density at radius 1 is 0.850 bits per heavy atom. The number of halogens is 2. The Hall–Kier alpha value is -0.200. The Bertz CT molecular complexity index is 576. The topological polar surface area (TPSA) is 0 Å². The van der Waals surface area contributed by atoms with Crippen LogP contribution in [0.4, 0.5) is 0 Å². The first-order chi connectivity index (χ1) is 9.56. The molecule has 0 amide bonds. The van der Waals surface area contributed by atoms with Crippen LogP contribution >= 0.6 is 23.2 Å². The van der Waals surface area contributed by atoms with E-state index >= 15 is 0 Å². The van der Waals surface area contributed by atoms with Crippen LogP contribution in [0.3, 0.4) is 0 Å². The predicted molar refractivity (Wildman–Crippen MR) is 83.2 cm³/mol. The van der Waals surface area contributed by atoms with Gasteiger partial charge in [0.25, 0.3) is 0 Å². The van der Waals surface area contributed by atoms with Gasteiger partial charge in [-0.1, -0.05) is 24.3 Å². The molecule has 0 unspecified atom stereocenters. The quantitative estimate of drug-likeness (QED) is 0.581. The Labute approximate surface area is 130 Å². The third kappa shape index (κ3) is 1.40. The molecule has 2 heteroatoms. The van der Waals surface area contributed by atoms with Crippen LogP contribution in [0.1, 0.15) is 43.2 Å². The lowest BCUT2D eigenvalue weighted by Crippen LogP contribution is -2.20. The molecule has 0 aromatic heterocycles. The average Bonchev–Trinajstić information content (AvgIpc) is 3.25. The van der Waals surface area contributed by atoms with Gasteiger partial charge in [-0.25, -0.2) is 0 Å². The Morgan fingerprint density at radius 2 is 1.50 bits per heavy atom. The molecule has 2 spiro atoms. The SMILES string of the molecule is ClC1(Cl)[C@H]2C[C@@]34CCc5ccc(cc5)CC[C@@]21C[C@@H]3C4. The maximum absolute atomic E-state index is 6.73. The van der Waals surface area contributed by atoms with Gasteiger partial charge in [-0.05, 0) is 67.4 Å². The van der Waals surface area contributed by atoms with E-state index in [1.807, 2.05) is 0 Å². The Balaban J connectivity index is 1.56. The highest BCUT2D eigenvalue weighted by Gasteiger charge is 2.81. The molecule has 0 aliphatic heterocycles. The molecule has 3 saturated carbocycles. The van der Waals surface area contributed by atoms with Gasteiger partial charge in [-0.15, -0.1) is 23.2 Å². The first-order valence-electron chi connectivity index (χ1n) is 8.01. The largest absolute Gasteiger partial charge is 0.127 e. The summed E-state index contributed by atoms with van der Waals surface area (Å²) in [6.07, 6.45) is 8.91. The van der Waals surface area contributed by atoms with E-state index in [1.165, 1.54) is 49.7 Å². The fraction of sp³-hybridized carbons (Fsp3) is 0.667. The van der Waals surface area contributed by atoms with E-state index in [0.29, 0.717) is 11.3 Å². The van der Waals surface area contributed by atoms with Crippen molar-refractivity contribution in [2.24, 2.45) is 22.7 Å². The van der Waals surface area contributed by atoms with Crippen LogP contribution < -0.4 is 0 Å². The molecule has 0 saturated heterocycles. The third-order valence-electron chi connectivity index (χ3n) is 7.06. The summed E-state index contributed by atoms with van der Waals surface area (Å²) >= 11 is 13.5. The van der Waals surface area contributed by atoms with Crippen LogP contribution in [0.5, 0.6) is 0 Å².